The Hall–Kier alpha value is -2.50. The number of pyridine rings is 1. The van der Waals surface area contributed by atoms with E-state index in [2.05, 4.69) is 4.98 Å². The minimum absolute atomic E-state index is 0.171. The lowest BCUT2D eigenvalue weighted by Crippen LogP contribution is -2.30. The maximum atomic E-state index is 11.3. The number of carbonyl (C=O) groups is 3. The van der Waals surface area contributed by atoms with Gasteiger partial charge in [-0.1, -0.05) is 0 Å². The second-order valence-electron chi connectivity index (χ2n) is 3.11. The van der Waals surface area contributed by atoms with Crippen molar-refractivity contribution in [3.63, 3.8) is 0 Å². The Morgan fingerprint density at radius 3 is 2.25 bits per heavy atom. The number of amides is 3. The van der Waals surface area contributed by atoms with Gasteiger partial charge in [0.2, 0.25) is 5.91 Å². The third kappa shape index (κ3) is 1.56. The van der Waals surface area contributed by atoms with Crippen LogP contribution in [0.15, 0.2) is 30.5 Å². The molecule has 0 bridgehead atoms. The maximum Gasteiger partial charge on any atom is 0.259 e. The van der Waals surface area contributed by atoms with Crippen LogP contribution in [0.1, 0.15) is 10.4 Å². The fraction of sp³-hybridized carbons (Fsp3) is 0. The Bertz CT molecular complexity index is 487. The highest BCUT2D eigenvalue weighted by molar-refractivity contribution is 6.27. The highest BCUT2D eigenvalue weighted by Gasteiger charge is 2.26. The minimum atomic E-state index is -0.615. The molecule has 16 heavy (non-hydrogen) atoms. The number of anilines is 1. The van der Waals surface area contributed by atoms with Crippen molar-refractivity contribution in [3.05, 3.63) is 36.0 Å². The monoisotopic (exact) mass is 217 g/mol. The van der Waals surface area contributed by atoms with Gasteiger partial charge in [-0.15, -0.1) is 0 Å². The topological polar surface area (TPSA) is 93.4 Å². The standard InChI is InChI=1S/C10H7N3O3/c11-10(16)6-1-2-7(12-5-6)13-8(14)3-4-9(13)15/h1-5H,(H2,11,16). The molecule has 0 aromatic carbocycles. The van der Waals surface area contributed by atoms with Crippen molar-refractivity contribution in [1.29, 1.82) is 0 Å². The average Bonchev–Trinajstić information content (AvgIpc) is 2.59. The highest BCUT2D eigenvalue weighted by Crippen LogP contribution is 2.15. The van der Waals surface area contributed by atoms with Crippen LogP contribution in [0.5, 0.6) is 0 Å². The third-order valence-corrected chi connectivity index (χ3v) is 2.07. The molecule has 2 heterocycles. The van der Waals surface area contributed by atoms with Crippen LogP contribution in [0.3, 0.4) is 0 Å². The summed E-state index contributed by atoms with van der Waals surface area (Å²) in [5.41, 5.74) is 5.25. The smallest absolute Gasteiger partial charge is 0.259 e. The Balaban J connectivity index is 2.32. The lowest BCUT2D eigenvalue weighted by Gasteiger charge is -2.12. The summed E-state index contributed by atoms with van der Waals surface area (Å²) in [6.07, 6.45) is 3.54. The summed E-state index contributed by atoms with van der Waals surface area (Å²) in [6.45, 7) is 0. The molecule has 6 nitrogen and oxygen atoms in total. The normalized spacial score (nSPS) is 14.6. The maximum absolute atomic E-state index is 11.3. The van der Waals surface area contributed by atoms with Gasteiger partial charge in [0.15, 0.2) is 0 Å². The number of hydrogen-bond donors (Lipinski definition) is 1. The Labute approximate surface area is 90.4 Å². The Kier molecular flexibility index (Phi) is 2.24. The summed E-state index contributed by atoms with van der Waals surface area (Å²) in [6, 6.07) is 2.80. The van der Waals surface area contributed by atoms with Crippen LogP contribution in [-0.2, 0) is 9.59 Å². The van der Waals surface area contributed by atoms with Crippen LogP contribution in [0.4, 0.5) is 5.82 Å². The molecule has 0 unspecified atom stereocenters. The van der Waals surface area contributed by atoms with Gasteiger partial charge in [-0.25, -0.2) is 9.88 Å². The van der Waals surface area contributed by atoms with Crippen molar-refractivity contribution in [1.82, 2.24) is 4.98 Å². The molecule has 0 fully saturated rings. The van der Waals surface area contributed by atoms with Crippen LogP contribution < -0.4 is 10.6 Å². The van der Waals surface area contributed by atoms with Gasteiger partial charge in [-0.05, 0) is 12.1 Å². The largest absolute Gasteiger partial charge is 0.366 e. The first-order valence-electron chi connectivity index (χ1n) is 4.41. The first-order chi connectivity index (χ1) is 7.59. The van der Waals surface area contributed by atoms with E-state index in [-0.39, 0.29) is 11.4 Å². The summed E-state index contributed by atoms with van der Waals surface area (Å²) < 4.78 is 0. The highest BCUT2D eigenvalue weighted by atomic mass is 16.2. The first kappa shape index (κ1) is 10.0. The average molecular weight is 217 g/mol. The van der Waals surface area contributed by atoms with Gasteiger partial charge in [-0.3, -0.25) is 14.4 Å². The van der Waals surface area contributed by atoms with Crippen LogP contribution >= 0.6 is 0 Å². The lowest BCUT2D eigenvalue weighted by atomic mass is 10.2. The van der Waals surface area contributed by atoms with Gasteiger partial charge >= 0.3 is 0 Å². The number of hydrogen-bond acceptors (Lipinski definition) is 4. The molecule has 80 valence electrons. The van der Waals surface area contributed by atoms with E-state index in [0.29, 0.717) is 0 Å². The van der Waals surface area contributed by atoms with E-state index < -0.39 is 17.7 Å². The van der Waals surface area contributed by atoms with Crippen LogP contribution in [0, 0.1) is 0 Å². The fourth-order valence-corrected chi connectivity index (χ4v) is 1.29. The van der Waals surface area contributed by atoms with E-state index in [1.165, 1.54) is 18.3 Å². The molecule has 3 amide bonds. The van der Waals surface area contributed by atoms with Crippen molar-refractivity contribution < 1.29 is 14.4 Å². The van der Waals surface area contributed by atoms with E-state index in [4.69, 9.17) is 5.73 Å². The molecule has 0 radical (unpaired) electrons. The van der Waals surface area contributed by atoms with Gasteiger partial charge in [-0.2, -0.15) is 0 Å². The van der Waals surface area contributed by atoms with Crippen LogP contribution in [0.2, 0.25) is 0 Å². The van der Waals surface area contributed by atoms with Crippen LogP contribution in [0.25, 0.3) is 0 Å². The van der Waals surface area contributed by atoms with Crippen molar-refractivity contribution >= 4 is 23.5 Å². The summed E-state index contributed by atoms with van der Waals surface area (Å²) >= 11 is 0. The predicted octanol–water partition coefficient (Wildman–Crippen LogP) is -0.390. The number of carbonyl (C=O) groups excluding carboxylic acids is 3. The fourth-order valence-electron chi connectivity index (χ4n) is 1.29. The first-order valence-corrected chi connectivity index (χ1v) is 4.41. The molecular weight excluding hydrogens is 210 g/mol. The van der Waals surface area contributed by atoms with E-state index in [1.54, 1.807) is 0 Å². The molecule has 0 saturated carbocycles. The van der Waals surface area contributed by atoms with E-state index >= 15 is 0 Å². The number of primary amides is 1. The number of nitrogens with zero attached hydrogens (tertiary/aromatic N) is 2. The molecule has 2 rings (SSSR count). The zero-order chi connectivity index (χ0) is 11.7. The molecule has 1 aromatic rings. The van der Waals surface area contributed by atoms with Crippen molar-refractivity contribution in [2.45, 2.75) is 0 Å². The van der Waals surface area contributed by atoms with Gasteiger partial charge < -0.3 is 5.73 Å². The second-order valence-corrected chi connectivity index (χ2v) is 3.11. The van der Waals surface area contributed by atoms with E-state index in [1.807, 2.05) is 0 Å². The molecule has 0 aliphatic carbocycles. The molecular formula is C10H7N3O3. The molecule has 1 aliphatic heterocycles. The van der Waals surface area contributed by atoms with Gasteiger partial charge in [0.25, 0.3) is 11.8 Å². The number of aromatic nitrogens is 1. The predicted molar refractivity (Wildman–Crippen MR) is 54.4 cm³/mol. The van der Waals surface area contributed by atoms with Crippen LogP contribution in [-0.4, -0.2) is 22.7 Å². The van der Waals surface area contributed by atoms with Gasteiger partial charge in [0.1, 0.15) is 5.82 Å². The second kappa shape index (κ2) is 3.58. The van der Waals surface area contributed by atoms with Crippen molar-refractivity contribution in [2.24, 2.45) is 5.73 Å². The zero-order valence-corrected chi connectivity index (χ0v) is 8.08. The van der Waals surface area contributed by atoms with Gasteiger partial charge in [0.05, 0.1) is 5.56 Å². The molecule has 2 N–H and O–H groups in total. The Morgan fingerprint density at radius 1 is 1.19 bits per heavy atom. The molecule has 0 spiro atoms. The summed E-state index contributed by atoms with van der Waals surface area (Å²) in [5, 5.41) is 0. The van der Waals surface area contributed by atoms with E-state index in [0.717, 1.165) is 17.1 Å². The van der Waals surface area contributed by atoms with Crippen molar-refractivity contribution in [3.8, 4) is 0 Å². The minimum Gasteiger partial charge on any atom is -0.366 e. The summed E-state index contributed by atoms with van der Waals surface area (Å²) in [7, 11) is 0. The zero-order valence-electron chi connectivity index (χ0n) is 8.08. The number of rotatable bonds is 2. The lowest BCUT2D eigenvalue weighted by molar-refractivity contribution is -0.120. The molecule has 1 aliphatic rings. The summed E-state index contributed by atoms with van der Waals surface area (Å²) in [4.78, 5) is 38.1. The van der Waals surface area contributed by atoms with Gasteiger partial charge in [0, 0.05) is 18.3 Å². The quantitative estimate of drug-likeness (QED) is 0.682. The molecule has 1 aromatic heterocycles. The number of nitrogens with two attached hydrogens (primary N) is 1. The van der Waals surface area contributed by atoms with E-state index in [9.17, 15) is 14.4 Å². The SMILES string of the molecule is NC(=O)c1ccc(N2C(=O)C=CC2=O)nc1. The van der Waals surface area contributed by atoms with Crippen molar-refractivity contribution in [2.75, 3.05) is 4.90 Å². The Morgan fingerprint density at radius 2 is 1.81 bits per heavy atom. The number of imide groups is 1. The third-order valence-electron chi connectivity index (χ3n) is 2.07. The molecule has 0 atom stereocenters. The molecule has 6 heteroatoms. The summed E-state index contributed by atoms with van der Waals surface area (Å²) in [5.74, 6) is -1.35. The molecule has 0 saturated heterocycles.